The van der Waals surface area contributed by atoms with Crippen LogP contribution in [-0.2, 0) is 0 Å². The molecule has 1 saturated heterocycles. The Morgan fingerprint density at radius 2 is 2.25 bits per heavy atom. The molecule has 2 amide bonds. The van der Waals surface area contributed by atoms with Crippen LogP contribution in [0.5, 0.6) is 0 Å². The molecule has 1 aliphatic heterocycles. The maximum atomic E-state index is 11.8. The van der Waals surface area contributed by atoms with Crippen LogP contribution < -0.4 is 5.32 Å². The van der Waals surface area contributed by atoms with Crippen molar-refractivity contribution in [2.45, 2.75) is 6.92 Å². The molecule has 16 heavy (non-hydrogen) atoms. The Morgan fingerprint density at radius 3 is 2.81 bits per heavy atom. The van der Waals surface area contributed by atoms with E-state index in [1.54, 1.807) is 11.0 Å². The SMILES string of the molecule is CCN1CCN(C(=O)Nc2ccon2)CC1. The third-order valence-corrected chi connectivity index (χ3v) is 2.78. The fraction of sp³-hybridized carbons (Fsp3) is 0.600. The second-order valence-corrected chi connectivity index (χ2v) is 3.74. The van der Waals surface area contributed by atoms with Gasteiger partial charge in [-0.1, -0.05) is 12.1 Å². The molecule has 0 atom stereocenters. The summed E-state index contributed by atoms with van der Waals surface area (Å²) >= 11 is 0. The van der Waals surface area contributed by atoms with Gasteiger partial charge in [0.05, 0.1) is 0 Å². The third kappa shape index (κ3) is 2.52. The summed E-state index contributed by atoms with van der Waals surface area (Å²) in [6.45, 7) is 6.56. The van der Waals surface area contributed by atoms with Gasteiger partial charge in [-0.2, -0.15) is 0 Å². The third-order valence-electron chi connectivity index (χ3n) is 2.78. The standard InChI is InChI=1S/C10H16N4O2/c1-2-13-4-6-14(7-5-13)10(15)11-9-3-8-16-12-9/h3,8H,2,4-7H2,1H3,(H,11,12,15). The Balaban J connectivity index is 1.82. The van der Waals surface area contributed by atoms with Crippen LogP contribution in [0.2, 0.25) is 0 Å². The molecule has 0 saturated carbocycles. The first-order chi connectivity index (χ1) is 7.79. The van der Waals surface area contributed by atoms with Crippen molar-refractivity contribution in [3.8, 4) is 0 Å². The number of amides is 2. The van der Waals surface area contributed by atoms with Crippen molar-refractivity contribution in [1.29, 1.82) is 0 Å². The van der Waals surface area contributed by atoms with Gasteiger partial charge in [0.2, 0.25) is 0 Å². The maximum absolute atomic E-state index is 11.8. The Morgan fingerprint density at radius 1 is 1.50 bits per heavy atom. The second kappa shape index (κ2) is 4.98. The molecular weight excluding hydrogens is 208 g/mol. The zero-order valence-corrected chi connectivity index (χ0v) is 9.35. The summed E-state index contributed by atoms with van der Waals surface area (Å²) in [6, 6.07) is 1.52. The number of piperazine rings is 1. The number of carbonyl (C=O) groups is 1. The lowest BCUT2D eigenvalue weighted by atomic mass is 10.3. The summed E-state index contributed by atoms with van der Waals surface area (Å²) in [4.78, 5) is 15.9. The van der Waals surface area contributed by atoms with E-state index in [4.69, 9.17) is 0 Å². The minimum absolute atomic E-state index is 0.107. The number of carbonyl (C=O) groups excluding carboxylic acids is 1. The lowest BCUT2D eigenvalue weighted by Crippen LogP contribution is -2.49. The molecule has 0 aromatic carbocycles. The Hall–Kier alpha value is -1.56. The predicted octanol–water partition coefficient (Wildman–Crippen LogP) is 0.844. The summed E-state index contributed by atoms with van der Waals surface area (Å²) in [6.07, 6.45) is 1.44. The number of urea groups is 1. The van der Waals surface area contributed by atoms with Gasteiger partial charge in [0.25, 0.3) is 0 Å². The fourth-order valence-corrected chi connectivity index (χ4v) is 1.73. The molecule has 2 rings (SSSR count). The van der Waals surface area contributed by atoms with Gasteiger partial charge in [-0.05, 0) is 6.54 Å². The van der Waals surface area contributed by atoms with E-state index in [-0.39, 0.29) is 6.03 Å². The van der Waals surface area contributed by atoms with Gasteiger partial charge < -0.3 is 14.3 Å². The highest BCUT2D eigenvalue weighted by molar-refractivity contribution is 5.88. The minimum atomic E-state index is -0.107. The maximum Gasteiger partial charge on any atom is 0.323 e. The van der Waals surface area contributed by atoms with Gasteiger partial charge >= 0.3 is 6.03 Å². The van der Waals surface area contributed by atoms with E-state index in [9.17, 15) is 4.79 Å². The summed E-state index contributed by atoms with van der Waals surface area (Å²) in [5.41, 5.74) is 0. The van der Waals surface area contributed by atoms with Gasteiger partial charge in [-0.15, -0.1) is 0 Å². The van der Waals surface area contributed by atoms with Crippen LogP contribution in [0.4, 0.5) is 10.6 Å². The molecule has 0 aliphatic carbocycles. The van der Waals surface area contributed by atoms with E-state index in [2.05, 4.69) is 26.8 Å². The first-order valence-electron chi connectivity index (χ1n) is 5.48. The van der Waals surface area contributed by atoms with Crippen LogP contribution in [0.25, 0.3) is 0 Å². The number of rotatable bonds is 2. The van der Waals surface area contributed by atoms with Crippen molar-refractivity contribution in [2.24, 2.45) is 0 Å². The van der Waals surface area contributed by atoms with Crippen molar-refractivity contribution in [2.75, 3.05) is 38.0 Å². The zero-order chi connectivity index (χ0) is 11.4. The van der Waals surface area contributed by atoms with Crippen LogP contribution >= 0.6 is 0 Å². The second-order valence-electron chi connectivity index (χ2n) is 3.74. The number of nitrogens with one attached hydrogen (secondary N) is 1. The predicted molar refractivity (Wildman–Crippen MR) is 59.2 cm³/mol. The van der Waals surface area contributed by atoms with Gasteiger partial charge in [0.15, 0.2) is 5.82 Å². The van der Waals surface area contributed by atoms with E-state index >= 15 is 0 Å². The van der Waals surface area contributed by atoms with E-state index in [1.165, 1.54) is 6.26 Å². The number of nitrogens with zero attached hydrogens (tertiary/aromatic N) is 3. The van der Waals surface area contributed by atoms with Gasteiger partial charge in [0.1, 0.15) is 6.26 Å². The topological polar surface area (TPSA) is 61.6 Å². The highest BCUT2D eigenvalue weighted by Crippen LogP contribution is 2.06. The van der Waals surface area contributed by atoms with Crippen LogP contribution in [0, 0.1) is 0 Å². The number of likely N-dealkylation sites (N-methyl/N-ethyl adjacent to an activating group) is 1. The highest BCUT2D eigenvalue weighted by Gasteiger charge is 2.20. The monoisotopic (exact) mass is 224 g/mol. The van der Waals surface area contributed by atoms with Crippen LogP contribution in [0.15, 0.2) is 16.9 Å². The molecule has 6 heteroatoms. The number of hydrogen-bond donors (Lipinski definition) is 1. The van der Waals surface area contributed by atoms with Crippen molar-refractivity contribution in [3.63, 3.8) is 0 Å². The van der Waals surface area contributed by atoms with Crippen LogP contribution in [-0.4, -0.2) is 53.7 Å². The summed E-state index contributed by atoms with van der Waals surface area (Å²) < 4.78 is 4.65. The first kappa shape index (κ1) is 10.9. The zero-order valence-electron chi connectivity index (χ0n) is 9.35. The summed E-state index contributed by atoms with van der Waals surface area (Å²) in [5.74, 6) is 0.461. The Kier molecular flexibility index (Phi) is 3.40. The van der Waals surface area contributed by atoms with E-state index in [1.807, 2.05) is 0 Å². The molecular formula is C10H16N4O2. The molecule has 0 radical (unpaired) electrons. The molecule has 1 N–H and O–H groups in total. The average Bonchev–Trinajstić information content (AvgIpc) is 2.82. The molecule has 88 valence electrons. The van der Waals surface area contributed by atoms with Gasteiger partial charge in [-0.25, -0.2) is 4.79 Å². The molecule has 0 unspecified atom stereocenters. The Bertz CT molecular complexity index is 331. The largest absolute Gasteiger partial charge is 0.363 e. The van der Waals surface area contributed by atoms with E-state index in [0.717, 1.165) is 32.7 Å². The number of aromatic nitrogens is 1. The van der Waals surface area contributed by atoms with Crippen molar-refractivity contribution < 1.29 is 9.32 Å². The van der Waals surface area contributed by atoms with Crippen molar-refractivity contribution in [3.05, 3.63) is 12.3 Å². The molecule has 1 aromatic heterocycles. The van der Waals surface area contributed by atoms with Crippen LogP contribution in [0.3, 0.4) is 0 Å². The lowest BCUT2D eigenvalue weighted by Gasteiger charge is -2.33. The fourth-order valence-electron chi connectivity index (χ4n) is 1.73. The number of anilines is 1. The van der Waals surface area contributed by atoms with Crippen molar-refractivity contribution in [1.82, 2.24) is 15.0 Å². The molecule has 0 bridgehead atoms. The number of hydrogen-bond acceptors (Lipinski definition) is 4. The first-order valence-corrected chi connectivity index (χ1v) is 5.48. The van der Waals surface area contributed by atoms with Gasteiger partial charge in [-0.3, -0.25) is 5.32 Å². The molecule has 2 heterocycles. The minimum Gasteiger partial charge on any atom is -0.363 e. The smallest absolute Gasteiger partial charge is 0.323 e. The molecule has 1 fully saturated rings. The quantitative estimate of drug-likeness (QED) is 0.808. The lowest BCUT2D eigenvalue weighted by molar-refractivity contribution is 0.151. The highest BCUT2D eigenvalue weighted by atomic mass is 16.5. The van der Waals surface area contributed by atoms with E-state index < -0.39 is 0 Å². The molecule has 1 aliphatic rings. The molecule has 0 spiro atoms. The van der Waals surface area contributed by atoms with E-state index in [0.29, 0.717) is 5.82 Å². The van der Waals surface area contributed by atoms with Crippen LogP contribution in [0.1, 0.15) is 6.92 Å². The molecule has 6 nitrogen and oxygen atoms in total. The average molecular weight is 224 g/mol. The van der Waals surface area contributed by atoms with Crippen molar-refractivity contribution >= 4 is 11.8 Å². The summed E-state index contributed by atoms with van der Waals surface area (Å²) in [5, 5.41) is 6.33. The van der Waals surface area contributed by atoms with Gasteiger partial charge in [0, 0.05) is 32.2 Å². The molecule has 1 aromatic rings. The Labute approximate surface area is 94.2 Å². The summed E-state index contributed by atoms with van der Waals surface area (Å²) in [7, 11) is 0. The normalized spacial score (nSPS) is 17.4.